The van der Waals surface area contributed by atoms with Crippen LogP contribution in [0.3, 0.4) is 0 Å². The van der Waals surface area contributed by atoms with E-state index in [0.717, 1.165) is 67.4 Å². The summed E-state index contributed by atoms with van der Waals surface area (Å²) < 4.78 is 8.05. The third-order valence-corrected chi connectivity index (χ3v) is 7.35. The number of carbonyl (C=O) groups excluding carboxylic acids is 1. The maximum atomic E-state index is 12.6. The number of benzene rings is 1. The molecule has 0 radical (unpaired) electrons. The van der Waals surface area contributed by atoms with E-state index in [4.69, 9.17) is 4.74 Å². The van der Waals surface area contributed by atoms with E-state index in [0.29, 0.717) is 5.75 Å². The summed E-state index contributed by atoms with van der Waals surface area (Å²) in [6, 6.07) is 5.96. The minimum absolute atomic E-state index is 0.0290. The molecule has 2 aliphatic rings. The maximum absolute atomic E-state index is 12.6. The van der Waals surface area contributed by atoms with Crippen LogP contribution in [-0.2, 0) is 16.1 Å². The van der Waals surface area contributed by atoms with Gasteiger partial charge in [0.1, 0.15) is 0 Å². The molecule has 3 heterocycles. The first kappa shape index (κ1) is 22.1. The van der Waals surface area contributed by atoms with E-state index < -0.39 is 0 Å². The highest BCUT2D eigenvalue weighted by Crippen LogP contribution is 2.28. The molecule has 8 heteroatoms. The van der Waals surface area contributed by atoms with Gasteiger partial charge in [0.05, 0.1) is 18.4 Å². The van der Waals surface area contributed by atoms with Crippen molar-refractivity contribution >= 4 is 29.3 Å². The number of ether oxygens (including phenoxy) is 1. The Kier molecular flexibility index (Phi) is 7.17. The van der Waals surface area contributed by atoms with Crippen molar-refractivity contribution in [3.63, 3.8) is 0 Å². The Labute approximate surface area is 188 Å². The van der Waals surface area contributed by atoms with Gasteiger partial charge in [-0.15, -0.1) is 10.2 Å². The number of hydrogen-bond donors (Lipinski definition) is 1. The molecule has 4 rings (SSSR count). The van der Waals surface area contributed by atoms with Crippen LogP contribution in [0.15, 0.2) is 23.4 Å². The van der Waals surface area contributed by atoms with Crippen LogP contribution in [0.4, 0.5) is 11.6 Å². The topological polar surface area (TPSA) is 72.3 Å². The van der Waals surface area contributed by atoms with Crippen LogP contribution in [0.5, 0.6) is 0 Å². The molecule has 0 aliphatic carbocycles. The average Bonchev–Trinajstić information content (AvgIpc) is 3.41. The van der Waals surface area contributed by atoms with Crippen molar-refractivity contribution in [2.45, 2.75) is 64.3 Å². The smallest absolute Gasteiger partial charge is 0.234 e. The minimum Gasteiger partial charge on any atom is -0.376 e. The second-order valence-corrected chi connectivity index (χ2v) is 9.72. The molecule has 1 aromatic heterocycles. The van der Waals surface area contributed by atoms with Gasteiger partial charge in [0.15, 0.2) is 5.16 Å². The van der Waals surface area contributed by atoms with Gasteiger partial charge in [-0.1, -0.05) is 30.8 Å². The van der Waals surface area contributed by atoms with E-state index in [-0.39, 0.29) is 12.0 Å². The summed E-state index contributed by atoms with van der Waals surface area (Å²) in [4.78, 5) is 15.0. The lowest BCUT2D eigenvalue weighted by Crippen LogP contribution is -2.35. The van der Waals surface area contributed by atoms with Crippen molar-refractivity contribution in [2.75, 3.05) is 35.7 Å². The summed E-state index contributed by atoms with van der Waals surface area (Å²) in [5.74, 6) is 1.95. The second-order valence-electron chi connectivity index (χ2n) is 8.78. The summed E-state index contributed by atoms with van der Waals surface area (Å²) in [6.45, 7) is 9.97. The zero-order chi connectivity index (χ0) is 21.8. The molecule has 1 N–H and O–H groups in total. The van der Waals surface area contributed by atoms with Gasteiger partial charge < -0.3 is 15.0 Å². The number of carbonyl (C=O) groups is 1. The number of amides is 1. The summed E-state index contributed by atoms with van der Waals surface area (Å²) >= 11 is 1.45. The molecular formula is C23H33N5O2S. The molecular weight excluding hydrogens is 410 g/mol. The molecule has 0 unspecified atom stereocenters. The molecule has 31 heavy (non-hydrogen) atoms. The van der Waals surface area contributed by atoms with Crippen LogP contribution in [0.25, 0.3) is 0 Å². The van der Waals surface area contributed by atoms with Gasteiger partial charge in [-0.2, -0.15) is 0 Å². The molecule has 1 amide bonds. The van der Waals surface area contributed by atoms with E-state index in [1.54, 1.807) is 0 Å². The lowest BCUT2D eigenvalue weighted by molar-refractivity contribution is -0.113. The van der Waals surface area contributed by atoms with Gasteiger partial charge in [-0.3, -0.25) is 9.36 Å². The summed E-state index contributed by atoms with van der Waals surface area (Å²) in [5.41, 5.74) is 3.14. The summed E-state index contributed by atoms with van der Waals surface area (Å²) in [7, 11) is 0. The lowest BCUT2D eigenvalue weighted by atomic mass is 10.00. The molecule has 0 saturated carbocycles. The number of aryl methyl sites for hydroxylation is 1. The van der Waals surface area contributed by atoms with Crippen LogP contribution < -0.4 is 10.2 Å². The lowest BCUT2D eigenvalue weighted by Gasteiger charge is -2.31. The quantitative estimate of drug-likeness (QED) is 0.651. The van der Waals surface area contributed by atoms with E-state index >= 15 is 0 Å². The Morgan fingerprint density at radius 2 is 2.03 bits per heavy atom. The number of aromatic nitrogens is 3. The van der Waals surface area contributed by atoms with Crippen LogP contribution in [0, 0.1) is 19.8 Å². The van der Waals surface area contributed by atoms with Gasteiger partial charge in [-0.05, 0) is 62.6 Å². The first-order valence-corrected chi connectivity index (χ1v) is 12.3. The molecule has 7 nitrogen and oxygen atoms in total. The highest BCUT2D eigenvalue weighted by Gasteiger charge is 2.26. The Morgan fingerprint density at radius 1 is 1.23 bits per heavy atom. The van der Waals surface area contributed by atoms with Gasteiger partial charge in [0.25, 0.3) is 0 Å². The molecule has 0 spiro atoms. The molecule has 0 bridgehead atoms. The molecule has 2 aliphatic heterocycles. The number of hydrogen-bond acceptors (Lipinski definition) is 6. The molecule has 2 saturated heterocycles. The van der Waals surface area contributed by atoms with E-state index in [1.807, 2.05) is 19.1 Å². The van der Waals surface area contributed by atoms with Gasteiger partial charge in [0, 0.05) is 25.4 Å². The number of anilines is 2. The normalized spacial score (nSPS) is 19.7. The summed E-state index contributed by atoms with van der Waals surface area (Å²) in [5, 5.41) is 12.8. The zero-order valence-electron chi connectivity index (χ0n) is 18.8. The fraction of sp³-hybridized carbons (Fsp3) is 0.609. The molecule has 2 aromatic rings. The van der Waals surface area contributed by atoms with Crippen LogP contribution >= 0.6 is 11.8 Å². The maximum Gasteiger partial charge on any atom is 0.234 e. The monoisotopic (exact) mass is 443 g/mol. The Hall–Kier alpha value is -2.06. The fourth-order valence-electron chi connectivity index (χ4n) is 4.18. The summed E-state index contributed by atoms with van der Waals surface area (Å²) in [6.07, 6.45) is 4.71. The van der Waals surface area contributed by atoms with E-state index in [9.17, 15) is 4.79 Å². The highest BCUT2D eigenvalue weighted by molar-refractivity contribution is 7.99. The number of rotatable bonds is 7. The molecule has 168 valence electrons. The number of piperidine rings is 1. The van der Waals surface area contributed by atoms with Crippen LogP contribution in [0.2, 0.25) is 0 Å². The van der Waals surface area contributed by atoms with Crippen molar-refractivity contribution in [1.82, 2.24) is 14.8 Å². The Bertz CT molecular complexity index is 901. The standard InChI is InChI=1S/C23H33N5O2S/c1-16-9-11-27(12-10-16)22-25-26-23(28(22)14-19-7-5-13-30-19)31-15-21(29)24-20-8-4-6-17(2)18(20)3/h4,6,8,16,19H,5,7,9-15H2,1-3H3,(H,24,29)/t19-/m0/s1. The molecule has 2 fully saturated rings. The second kappa shape index (κ2) is 10.0. The molecule has 1 aromatic carbocycles. The first-order chi connectivity index (χ1) is 15.0. The van der Waals surface area contributed by atoms with E-state index in [2.05, 4.69) is 44.9 Å². The largest absolute Gasteiger partial charge is 0.376 e. The predicted molar refractivity (Wildman–Crippen MR) is 125 cm³/mol. The highest BCUT2D eigenvalue weighted by atomic mass is 32.2. The van der Waals surface area contributed by atoms with Gasteiger partial charge >= 0.3 is 0 Å². The van der Waals surface area contributed by atoms with Crippen LogP contribution in [-0.4, -0.2) is 52.2 Å². The zero-order valence-corrected chi connectivity index (χ0v) is 19.6. The van der Waals surface area contributed by atoms with Crippen molar-refractivity contribution < 1.29 is 9.53 Å². The van der Waals surface area contributed by atoms with Crippen molar-refractivity contribution in [1.29, 1.82) is 0 Å². The SMILES string of the molecule is Cc1cccc(NC(=O)CSc2nnc(N3CCC(C)CC3)n2C[C@@H]2CCCO2)c1C. The predicted octanol–water partition coefficient (Wildman–Crippen LogP) is 4.04. The Morgan fingerprint density at radius 3 is 2.77 bits per heavy atom. The average molecular weight is 444 g/mol. The van der Waals surface area contributed by atoms with Crippen molar-refractivity contribution in [3.05, 3.63) is 29.3 Å². The van der Waals surface area contributed by atoms with Crippen molar-refractivity contribution in [3.8, 4) is 0 Å². The van der Waals surface area contributed by atoms with Crippen molar-refractivity contribution in [2.24, 2.45) is 5.92 Å². The van der Waals surface area contributed by atoms with Gasteiger partial charge in [-0.25, -0.2) is 0 Å². The Balaban J connectivity index is 1.45. The minimum atomic E-state index is -0.0290. The molecule has 1 atom stereocenters. The number of nitrogens with zero attached hydrogens (tertiary/aromatic N) is 4. The fourth-order valence-corrected chi connectivity index (χ4v) is 4.93. The third-order valence-electron chi connectivity index (χ3n) is 6.39. The third kappa shape index (κ3) is 5.41. The number of nitrogens with one attached hydrogen (secondary N) is 1. The van der Waals surface area contributed by atoms with E-state index in [1.165, 1.54) is 30.2 Å². The number of thioether (sulfide) groups is 1. The first-order valence-electron chi connectivity index (χ1n) is 11.3. The van der Waals surface area contributed by atoms with Crippen LogP contribution in [0.1, 0.15) is 43.7 Å². The van der Waals surface area contributed by atoms with Gasteiger partial charge in [0.2, 0.25) is 11.9 Å².